The van der Waals surface area contributed by atoms with Crippen molar-refractivity contribution in [2.45, 2.75) is 63.2 Å². The Balaban J connectivity index is 1.52. The number of aromatic nitrogens is 1. The lowest BCUT2D eigenvalue weighted by Gasteiger charge is -2.47. The normalized spacial score (nSPS) is 20.2. The van der Waals surface area contributed by atoms with E-state index in [1.807, 2.05) is 65.2 Å². The molecule has 0 bridgehead atoms. The van der Waals surface area contributed by atoms with E-state index in [0.29, 0.717) is 12.2 Å². The summed E-state index contributed by atoms with van der Waals surface area (Å²) in [5, 5.41) is 4.34. The summed E-state index contributed by atoms with van der Waals surface area (Å²) in [4.78, 5) is 30.6. The van der Waals surface area contributed by atoms with Crippen LogP contribution in [-0.2, 0) is 23.4 Å². The summed E-state index contributed by atoms with van der Waals surface area (Å²) < 4.78 is 15.7. The highest BCUT2D eigenvalue weighted by atomic mass is 19.1. The van der Waals surface area contributed by atoms with Gasteiger partial charge in [-0.3, -0.25) is 9.59 Å². The van der Waals surface area contributed by atoms with Crippen LogP contribution in [0.25, 0.3) is 10.9 Å². The molecule has 1 aliphatic carbocycles. The number of benzene rings is 3. The number of rotatable bonds is 5. The van der Waals surface area contributed by atoms with Gasteiger partial charge < -0.3 is 14.8 Å². The van der Waals surface area contributed by atoms with Gasteiger partial charge in [-0.2, -0.15) is 0 Å². The molecule has 2 heterocycles. The Morgan fingerprint density at radius 2 is 1.58 bits per heavy atom. The third-order valence-corrected chi connectivity index (χ3v) is 8.19. The molecule has 1 N–H and O–H groups in total. The van der Waals surface area contributed by atoms with Gasteiger partial charge in [0.05, 0.1) is 6.54 Å². The zero-order valence-corrected chi connectivity index (χ0v) is 21.4. The van der Waals surface area contributed by atoms with E-state index in [9.17, 15) is 14.0 Å². The van der Waals surface area contributed by atoms with Gasteiger partial charge >= 0.3 is 0 Å². The van der Waals surface area contributed by atoms with E-state index in [1.54, 1.807) is 17.0 Å². The number of hydrogen-bond donors (Lipinski definition) is 1. The first-order valence-corrected chi connectivity index (χ1v) is 13.6. The van der Waals surface area contributed by atoms with Crippen LogP contribution in [0, 0.1) is 5.82 Å². The predicted molar refractivity (Wildman–Crippen MR) is 146 cm³/mol. The number of para-hydroxylation sites is 1. The van der Waals surface area contributed by atoms with Crippen molar-refractivity contribution in [3.8, 4) is 0 Å². The molecule has 1 atom stereocenters. The molecule has 1 saturated carbocycles. The molecule has 38 heavy (non-hydrogen) atoms. The van der Waals surface area contributed by atoms with Gasteiger partial charge in [-0.05, 0) is 48.2 Å². The molecule has 1 aliphatic heterocycles. The van der Waals surface area contributed by atoms with Crippen molar-refractivity contribution in [3.05, 3.63) is 108 Å². The first-order chi connectivity index (χ1) is 18.6. The molecular formula is C32H32FN3O2. The lowest BCUT2D eigenvalue weighted by molar-refractivity contribution is -0.136. The second kappa shape index (κ2) is 10.1. The zero-order chi connectivity index (χ0) is 26.1. The number of hydrogen-bond acceptors (Lipinski definition) is 2. The summed E-state index contributed by atoms with van der Waals surface area (Å²) in [5.74, 6) is -0.703. The van der Waals surface area contributed by atoms with Crippen molar-refractivity contribution in [2.75, 3.05) is 0 Å². The van der Waals surface area contributed by atoms with Crippen LogP contribution in [0.1, 0.15) is 60.1 Å². The second-order valence-corrected chi connectivity index (χ2v) is 10.6. The summed E-state index contributed by atoms with van der Waals surface area (Å²) in [6.07, 6.45) is 6.44. The maximum Gasteiger partial charge on any atom is 0.272 e. The molecule has 194 valence electrons. The maximum absolute atomic E-state index is 14.6. The topological polar surface area (TPSA) is 54.3 Å². The summed E-state index contributed by atoms with van der Waals surface area (Å²) in [5.41, 5.74) is 1.76. The summed E-state index contributed by atoms with van der Waals surface area (Å²) in [7, 11) is 0. The molecule has 3 aromatic carbocycles. The summed E-state index contributed by atoms with van der Waals surface area (Å²) in [6, 6.07) is 25.7. The molecular weight excluding hydrogens is 477 g/mol. The van der Waals surface area contributed by atoms with E-state index in [2.05, 4.69) is 5.32 Å². The lowest BCUT2D eigenvalue weighted by Crippen LogP contribution is -2.63. The Bertz CT molecular complexity index is 1460. The van der Waals surface area contributed by atoms with Gasteiger partial charge in [0.15, 0.2) is 5.54 Å². The molecule has 6 heteroatoms. The van der Waals surface area contributed by atoms with Crippen LogP contribution in [0.5, 0.6) is 0 Å². The molecule has 1 fully saturated rings. The average molecular weight is 510 g/mol. The highest BCUT2D eigenvalue weighted by Crippen LogP contribution is 2.40. The Morgan fingerprint density at radius 3 is 2.32 bits per heavy atom. The highest BCUT2D eigenvalue weighted by molar-refractivity contribution is 6.04. The van der Waals surface area contributed by atoms with Crippen LogP contribution < -0.4 is 5.32 Å². The van der Waals surface area contributed by atoms with E-state index in [0.717, 1.165) is 47.7 Å². The van der Waals surface area contributed by atoms with Crippen LogP contribution in [0.15, 0.2) is 84.9 Å². The van der Waals surface area contributed by atoms with Gasteiger partial charge in [0.25, 0.3) is 11.8 Å². The number of nitrogens with zero attached hydrogens (tertiary/aromatic N) is 2. The molecule has 2 aliphatic rings. The molecule has 0 saturated heterocycles. The molecule has 4 aromatic rings. The number of fused-ring (bicyclic) bond motifs is 3. The Hall–Kier alpha value is -3.93. The van der Waals surface area contributed by atoms with E-state index in [-0.39, 0.29) is 30.2 Å². The Morgan fingerprint density at radius 1 is 0.895 bits per heavy atom. The predicted octanol–water partition coefficient (Wildman–Crippen LogP) is 6.17. The first kappa shape index (κ1) is 24.4. The molecule has 0 unspecified atom stereocenters. The van der Waals surface area contributed by atoms with Gasteiger partial charge in [0.2, 0.25) is 0 Å². The van der Waals surface area contributed by atoms with Crippen LogP contribution >= 0.6 is 0 Å². The van der Waals surface area contributed by atoms with E-state index >= 15 is 0 Å². The molecule has 6 rings (SSSR count). The summed E-state index contributed by atoms with van der Waals surface area (Å²) in [6.45, 7) is 0.485. The third-order valence-electron chi connectivity index (χ3n) is 8.19. The zero-order valence-electron chi connectivity index (χ0n) is 21.4. The SMILES string of the molecule is O=C1c2cc3ccccc3n2C[C@@](C(=O)NC2CCCCCC2)(c2ccccc2)N1Cc1ccc(F)cc1. The van der Waals surface area contributed by atoms with Crippen molar-refractivity contribution in [2.24, 2.45) is 0 Å². The van der Waals surface area contributed by atoms with Crippen LogP contribution in [-0.4, -0.2) is 27.3 Å². The molecule has 1 aromatic heterocycles. The van der Waals surface area contributed by atoms with Gasteiger partial charge in [-0.1, -0.05) is 86.3 Å². The van der Waals surface area contributed by atoms with Gasteiger partial charge in [0.1, 0.15) is 11.5 Å². The monoisotopic (exact) mass is 509 g/mol. The fraction of sp³-hybridized carbons (Fsp3) is 0.312. The largest absolute Gasteiger partial charge is 0.351 e. The number of carbonyl (C=O) groups excluding carboxylic acids is 2. The van der Waals surface area contributed by atoms with Crippen molar-refractivity contribution >= 4 is 22.7 Å². The van der Waals surface area contributed by atoms with E-state index in [4.69, 9.17) is 0 Å². The standard InChI is InChI=1S/C32H32FN3O2/c33-26-18-16-23(17-19-26)21-36-30(37)29-20-24-10-8-9-15-28(24)35(29)22-32(36,25-11-4-3-5-12-25)31(38)34-27-13-6-1-2-7-14-27/h3-5,8-12,15-20,27H,1-2,6-7,13-14,21-22H2,(H,34,38)/t32-/m0/s1. The highest BCUT2D eigenvalue weighted by Gasteiger charge is 2.52. The smallest absolute Gasteiger partial charge is 0.272 e. The number of halogens is 1. The lowest BCUT2D eigenvalue weighted by atomic mass is 9.83. The van der Waals surface area contributed by atoms with Gasteiger partial charge in [-0.15, -0.1) is 0 Å². The molecule has 2 amide bonds. The third kappa shape index (κ3) is 4.28. The van der Waals surface area contributed by atoms with E-state index in [1.165, 1.54) is 25.0 Å². The van der Waals surface area contributed by atoms with Crippen LogP contribution in [0.3, 0.4) is 0 Å². The van der Waals surface area contributed by atoms with Crippen molar-refractivity contribution in [1.29, 1.82) is 0 Å². The molecule has 5 nitrogen and oxygen atoms in total. The second-order valence-electron chi connectivity index (χ2n) is 10.6. The fourth-order valence-electron chi connectivity index (χ4n) is 6.18. The van der Waals surface area contributed by atoms with Crippen LogP contribution in [0.2, 0.25) is 0 Å². The quantitative estimate of drug-likeness (QED) is 0.327. The van der Waals surface area contributed by atoms with Crippen molar-refractivity contribution < 1.29 is 14.0 Å². The van der Waals surface area contributed by atoms with E-state index < -0.39 is 5.54 Å². The summed E-state index contributed by atoms with van der Waals surface area (Å²) >= 11 is 0. The molecule has 0 spiro atoms. The fourth-order valence-corrected chi connectivity index (χ4v) is 6.18. The maximum atomic E-state index is 14.6. The number of amides is 2. The van der Waals surface area contributed by atoms with Gasteiger partial charge in [-0.25, -0.2) is 4.39 Å². The first-order valence-electron chi connectivity index (χ1n) is 13.6. The Kier molecular flexibility index (Phi) is 6.48. The minimum atomic E-state index is -1.27. The van der Waals surface area contributed by atoms with Gasteiger partial charge in [0, 0.05) is 23.5 Å². The van der Waals surface area contributed by atoms with Crippen molar-refractivity contribution in [3.63, 3.8) is 0 Å². The number of nitrogens with one attached hydrogen (secondary N) is 1. The average Bonchev–Trinajstić information content (AvgIpc) is 3.11. The van der Waals surface area contributed by atoms with Crippen LogP contribution in [0.4, 0.5) is 4.39 Å². The number of carbonyl (C=O) groups is 2. The van der Waals surface area contributed by atoms with Crippen molar-refractivity contribution in [1.82, 2.24) is 14.8 Å². The minimum Gasteiger partial charge on any atom is -0.351 e. The minimum absolute atomic E-state index is 0.0798. The molecule has 0 radical (unpaired) electrons. The Labute approximate surface area is 222 Å².